The van der Waals surface area contributed by atoms with Crippen LogP contribution in [0.15, 0.2) is 36.2 Å². The Kier molecular flexibility index (Phi) is 2.23. The van der Waals surface area contributed by atoms with Gasteiger partial charge in [-0.1, -0.05) is 18.2 Å². The van der Waals surface area contributed by atoms with Crippen molar-refractivity contribution in [3.05, 3.63) is 41.8 Å². The van der Waals surface area contributed by atoms with E-state index >= 15 is 0 Å². The van der Waals surface area contributed by atoms with Gasteiger partial charge in [-0.15, -0.1) is 0 Å². The van der Waals surface area contributed by atoms with Crippen molar-refractivity contribution < 1.29 is 9.53 Å². The first-order valence-corrected chi connectivity index (χ1v) is 4.49. The van der Waals surface area contributed by atoms with E-state index in [0.29, 0.717) is 5.88 Å². The Morgan fingerprint density at radius 3 is 3.00 bits per heavy atom. The molecule has 3 heteroatoms. The number of nitrogens with one attached hydrogen (secondary N) is 1. The third kappa shape index (κ3) is 1.76. The van der Waals surface area contributed by atoms with Crippen LogP contribution in [0.1, 0.15) is 12.5 Å². The summed E-state index contributed by atoms with van der Waals surface area (Å²) in [5, 5.41) is 3.05. The monoisotopic (exact) mass is 189 g/mol. The molecule has 0 saturated carbocycles. The number of rotatable bonds is 1. The van der Waals surface area contributed by atoms with Gasteiger partial charge in [0, 0.05) is 12.6 Å². The maximum absolute atomic E-state index is 10.7. The van der Waals surface area contributed by atoms with E-state index in [0.717, 1.165) is 12.1 Å². The third-order valence-corrected chi connectivity index (χ3v) is 2.04. The Labute approximate surface area is 82.4 Å². The second-order valence-electron chi connectivity index (χ2n) is 3.15. The Hall–Kier alpha value is -1.77. The quantitative estimate of drug-likeness (QED) is 0.687. The number of ether oxygens (including phenoxy) is 1. The van der Waals surface area contributed by atoms with Gasteiger partial charge < -0.3 is 10.1 Å². The van der Waals surface area contributed by atoms with Crippen LogP contribution in [-0.2, 0) is 16.0 Å². The van der Waals surface area contributed by atoms with E-state index in [9.17, 15) is 4.79 Å². The van der Waals surface area contributed by atoms with E-state index < -0.39 is 0 Å². The number of carbonyl (C=O) groups excluding carboxylic acids is 1. The number of hydrogen-bond donors (Lipinski definition) is 1. The molecule has 0 fully saturated rings. The van der Waals surface area contributed by atoms with Crippen LogP contribution >= 0.6 is 0 Å². The van der Waals surface area contributed by atoms with E-state index in [4.69, 9.17) is 4.74 Å². The van der Waals surface area contributed by atoms with Crippen LogP contribution in [0.4, 0.5) is 5.69 Å². The molecule has 0 amide bonds. The van der Waals surface area contributed by atoms with Gasteiger partial charge in [-0.05, 0) is 24.1 Å². The molecule has 3 nitrogen and oxygen atoms in total. The van der Waals surface area contributed by atoms with E-state index in [2.05, 4.69) is 5.32 Å². The van der Waals surface area contributed by atoms with E-state index in [-0.39, 0.29) is 5.97 Å². The van der Waals surface area contributed by atoms with Crippen molar-refractivity contribution in [2.45, 2.75) is 13.3 Å². The van der Waals surface area contributed by atoms with Gasteiger partial charge >= 0.3 is 5.97 Å². The molecule has 0 spiro atoms. The Balaban J connectivity index is 2.17. The largest absolute Gasteiger partial charge is 0.410 e. The average molecular weight is 189 g/mol. The molecule has 1 aromatic carbocycles. The van der Waals surface area contributed by atoms with Gasteiger partial charge in [-0.2, -0.15) is 0 Å². The number of para-hydroxylation sites is 1. The van der Waals surface area contributed by atoms with Crippen molar-refractivity contribution >= 4 is 11.7 Å². The minimum atomic E-state index is -0.303. The summed E-state index contributed by atoms with van der Waals surface area (Å²) in [7, 11) is 0. The highest BCUT2D eigenvalue weighted by Gasteiger charge is 2.10. The molecule has 0 aromatic heterocycles. The normalized spacial score (nSPS) is 13.6. The second-order valence-corrected chi connectivity index (χ2v) is 3.15. The van der Waals surface area contributed by atoms with E-state index in [1.54, 1.807) is 0 Å². The maximum Gasteiger partial charge on any atom is 0.309 e. The standard InChI is InChI=1S/C11H11NO2/c1-8(13)14-11-7-6-9-4-2-3-5-10(9)12-11/h2-5,7,12H,6H2,1H3. The molecule has 1 aromatic rings. The lowest BCUT2D eigenvalue weighted by Gasteiger charge is -2.17. The summed E-state index contributed by atoms with van der Waals surface area (Å²) in [6, 6.07) is 7.95. The van der Waals surface area contributed by atoms with Crippen molar-refractivity contribution in [2.24, 2.45) is 0 Å². The van der Waals surface area contributed by atoms with Gasteiger partial charge in [0.15, 0.2) is 5.88 Å². The predicted octanol–water partition coefficient (Wildman–Crippen LogP) is 2.06. The highest BCUT2D eigenvalue weighted by Crippen LogP contribution is 2.22. The molecule has 0 unspecified atom stereocenters. The number of hydrogen-bond acceptors (Lipinski definition) is 3. The summed E-state index contributed by atoms with van der Waals surface area (Å²) in [6.07, 6.45) is 2.66. The molecule has 0 saturated heterocycles. The highest BCUT2D eigenvalue weighted by molar-refractivity contribution is 5.69. The predicted molar refractivity (Wildman–Crippen MR) is 53.6 cm³/mol. The fourth-order valence-electron chi connectivity index (χ4n) is 1.43. The van der Waals surface area contributed by atoms with Gasteiger partial charge in [0.05, 0.1) is 0 Å². The van der Waals surface area contributed by atoms with Crippen molar-refractivity contribution in [1.82, 2.24) is 0 Å². The topological polar surface area (TPSA) is 38.3 Å². The molecule has 72 valence electrons. The first-order valence-electron chi connectivity index (χ1n) is 4.49. The van der Waals surface area contributed by atoms with Crippen LogP contribution in [-0.4, -0.2) is 5.97 Å². The van der Waals surface area contributed by atoms with Crippen LogP contribution in [0.25, 0.3) is 0 Å². The molecule has 0 aliphatic carbocycles. The first kappa shape index (κ1) is 8.81. The minimum absolute atomic E-state index is 0.303. The van der Waals surface area contributed by atoms with Crippen molar-refractivity contribution in [3.8, 4) is 0 Å². The van der Waals surface area contributed by atoms with Crippen molar-refractivity contribution in [2.75, 3.05) is 5.32 Å². The number of benzene rings is 1. The number of anilines is 1. The zero-order valence-electron chi connectivity index (χ0n) is 7.91. The molecule has 0 atom stereocenters. The van der Waals surface area contributed by atoms with Gasteiger partial charge in [0.25, 0.3) is 0 Å². The van der Waals surface area contributed by atoms with Crippen LogP contribution in [0, 0.1) is 0 Å². The lowest BCUT2D eigenvalue weighted by Crippen LogP contribution is -2.12. The Morgan fingerprint density at radius 2 is 2.21 bits per heavy atom. The van der Waals surface area contributed by atoms with Crippen LogP contribution in [0.3, 0.4) is 0 Å². The fourth-order valence-corrected chi connectivity index (χ4v) is 1.43. The Morgan fingerprint density at radius 1 is 1.43 bits per heavy atom. The molecule has 0 bridgehead atoms. The molecule has 1 aliphatic rings. The first-order chi connectivity index (χ1) is 6.75. The summed E-state index contributed by atoms with van der Waals surface area (Å²) in [5.41, 5.74) is 2.22. The molecule has 0 radical (unpaired) electrons. The summed E-state index contributed by atoms with van der Waals surface area (Å²) >= 11 is 0. The third-order valence-electron chi connectivity index (χ3n) is 2.04. The number of esters is 1. The van der Waals surface area contributed by atoms with Gasteiger partial charge in [-0.25, -0.2) is 0 Å². The lowest BCUT2D eigenvalue weighted by atomic mass is 10.1. The summed E-state index contributed by atoms with van der Waals surface area (Å²) in [6.45, 7) is 1.39. The smallest absolute Gasteiger partial charge is 0.309 e. The van der Waals surface area contributed by atoms with Crippen molar-refractivity contribution in [3.63, 3.8) is 0 Å². The SMILES string of the molecule is CC(=O)OC1=CCc2ccccc2N1. The molecule has 14 heavy (non-hydrogen) atoms. The molecule has 1 heterocycles. The molecule has 1 aliphatic heterocycles. The minimum Gasteiger partial charge on any atom is -0.410 e. The maximum atomic E-state index is 10.7. The zero-order chi connectivity index (χ0) is 9.97. The highest BCUT2D eigenvalue weighted by atomic mass is 16.5. The summed E-state index contributed by atoms with van der Waals surface area (Å²) < 4.78 is 4.96. The van der Waals surface area contributed by atoms with Crippen LogP contribution < -0.4 is 5.32 Å². The van der Waals surface area contributed by atoms with Crippen molar-refractivity contribution in [1.29, 1.82) is 0 Å². The van der Waals surface area contributed by atoms with Gasteiger partial charge in [0.2, 0.25) is 0 Å². The second kappa shape index (κ2) is 3.54. The molecular formula is C11H11NO2. The lowest BCUT2D eigenvalue weighted by molar-refractivity contribution is -0.136. The Bertz CT molecular complexity index is 396. The molecule has 2 rings (SSSR count). The van der Waals surface area contributed by atoms with E-state index in [1.165, 1.54) is 12.5 Å². The number of fused-ring (bicyclic) bond motifs is 1. The fraction of sp³-hybridized carbons (Fsp3) is 0.182. The van der Waals surface area contributed by atoms with E-state index in [1.807, 2.05) is 30.3 Å². The van der Waals surface area contributed by atoms with Crippen LogP contribution in [0.5, 0.6) is 0 Å². The van der Waals surface area contributed by atoms with Gasteiger partial charge in [0.1, 0.15) is 0 Å². The summed E-state index contributed by atoms with van der Waals surface area (Å²) in [5.74, 6) is 0.222. The molecule has 1 N–H and O–H groups in total. The van der Waals surface area contributed by atoms with Crippen LogP contribution in [0.2, 0.25) is 0 Å². The average Bonchev–Trinajstić information content (AvgIpc) is 2.17. The summed E-state index contributed by atoms with van der Waals surface area (Å²) in [4.78, 5) is 10.7. The van der Waals surface area contributed by atoms with Gasteiger partial charge in [-0.3, -0.25) is 4.79 Å². The number of carbonyl (C=O) groups is 1. The number of allylic oxidation sites excluding steroid dienone is 1. The molecular weight excluding hydrogens is 178 g/mol. The zero-order valence-corrected chi connectivity index (χ0v) is 7.91.